The summed E-state index contributed by atoms with van der Waals surface area (Å²) in [6, 6.07) is 0.841. The Morgan fingerprint density at radius 3 is 3.06 bits per heavy atom. The lowest BCUT2D eigenvalue weighted by atomic mass is 9.85. The summed E-state index contributed by atoms with van der Waals surface area (Å²) in [4.78, 5) is 21.4. The van der Waals surface area contributed by atoms with Crippen LogP contribution < -0.4 is 0 Å². The first-order valence-electron chi connectivity index (χ1n) is 6.58. The van der Waals surface area contributed by atoms with E-state index < -0.39 is 0 Å². The van der Waals surface area contributed by atoms with Crippen molar-refractivity contribution in [3.63, 3.8) is 0 Å². The number of likely N-dealkylation sites (tertiary alicyclic amines) is 1. The second kappa shape index (κ2) is 4.17. The van der Waals surface area contributed by atoms with Crippen molar-refractivity contribution in [2.75, 3.05) is 0 Å². The molecule has 1 N–H and O–H groups in total. The van der Waals surface area contributed by atoms with E-state index in [9.17, 15) is 4.79 Å². The van der Waals surface area contributed by atoms with Crippen LogP contribution in [0.15, 0.2) is 12.5 Å². The first-order valence-corrected chi connectivity index (χ1v) is 6.58. The van der Waals surface area contributed by atoms with Crippen molar-refractivity contribution >= 4 is 5.91 Å². The Balaban J connectivity index is 1.84. The van der Waals surface area contributed by atoms with Crippen LogP contribution >= 0.6 is 0 Å². The van der Waals surface area contributed by atoms with E-state index in [1.54, 1.807) is 12.5 Å². The molecular formula is C13H19N3O. The lowest BCUT2D eigenvalue weighted by molar-refractivity contribution is 0.0628. The van der Waals surface area contributed by atoms with Gasteiger partial charge in [0.1, 0.15) is 5.69 Å². The highest BCUT2D eigenvalue weighted by atomic mass is 16.2. The second-order valence-corrected chi connectivity index (χ2v) is 5.37. The Morgan fingerprint density at radius 2 is 2.29 bits per heavy atom. The van der Waals surface area contributed by atoms with Crippen molar-refractivity contribution in [2.24, 2.45) is 5.92 Å². The average Bonchev–Trinajstić information content (AvgIpc) is 2.94. The monoisotopic (exact) mass is 233 g/mol. The Hall–Kier alpha value is -1.32. The smallest absolute Gasteiger partial charge is 0.272 e. The minimum Gasteiger partial charge on any atom is -0.341 e. The molecule has 4 nitrogen and oxygen atoms in total. The van der Waals surface area contributed by atoms with E-state index in [-0.39, 0.29) is 5.91 Å². The largest absolute Gasteiger partial charge is 0.341 e. The van der Waals surface area contributed by atoms with Gasteiger partial charge in [-0.25, -0.2) is 4.98 Å². The van der Waals surface area contributed by atoms with Crippen molar-refractivity contribution in [1.29, 1.82) is 0 Å². The van der Waals surface area contributed by atoms with Gasteiger partial charge in [-0.05, 0) is 32.1 Å². The maximum atomic E-state index is 12.4. The molecule has 2 fully saturated rings. The highest BCUT2D eigenvalue weighted by Gasteiger charge is 2.42. The number of amides is 1. The highest BCUT2D eigenvalue weighted by Crippen LogP contribution is 2.39. The van der Waals surface area contributed by atoms with Crippen molar-refractivity contribution < 1.29 is 4.79 Å². The predicted molar refractivity (Wildman–Crippen MR) is 64.6 cm³/mol. The van der Waals surface area contributed by atoms with E-state index in [1.807, 2.05) is 0 Å². The Bertz CT molecular complexity index is 401. The minimum absolute atomic E-state index is 0.129. The van der Waals surface area contributed by atoms with E-state index in [1.165, 1.54) is 32.1 Å². The third-order valence-electron chi connectivity index (χ3n) is 4.31. The molecule has 1 aliphatic heterocycles. The van der Waals surface area contributed by atoms with Gasteiger partial charge in [-0.3, -0.25) is 4.79 Å². The summed E-state index contributed by atoms with van der Waals surface area (Å²) in [6.45, 7) is 2.17. The van der Waals surface area contributed by atoms with E-state index in [2.05, 4.69) is 21.8 Å². The predicted octanol–water partition coefficient (Wildman–Crippen LogP) is 2.20. The first kappa shape index (κ1) is 10.8. The summed E-state index contributed by atoms with van der Waals surface area (Å²) in [6.07, 6.45) is 9.44. The fraction of sp³-hybridized carbons (Fsp3) is 0.692. The molecule has 4 heteroatoms. The Labute approximate surface area is 101 Å². The van der Waals surface area contributed by atoms with Gasteiger partial charge in [0, 0.05) is 12.1 Å². The summed E-state index contributed by atoms with van der Waals surface area (Å²) < 4.78 is 0. The molecule has 0 aromatic carbocycles. The molecule has 92 valence electrons. The van der Waals surface area contributed by atoms with Gasteiger partial charge in [-0.2, -0.15) is 0 Å². The maximum Gasteiger partial charge on any atom is 0.272 e. The van der Waals surface area contributed by atoms with Crippen LogP contribution in [0.5, 0.6) is 0 Å². The van der Waals surface area contributed by atoms with Crippen LogP contribution in [0.1, 0.15) is 49.5 Å². The molecular weight excluding hydrogens is 214 g/mol. The van der Waals surface area contributed by atoms with E-state index in [0.717, 1.165) is 5.92 Å². The standard InChI is InChI=1S/C13H19N3O/c1-9-6-10-4-2-3-5-12(10)16(9)13(17)11-7-14-8-15-11/h7-10,12H,2-6H2,1H3,(H,14,15)/t9-,10-,12-/m1/s1. The summed E-state index contributed by atoms with van der Waals surface area (Å²) in [5.41, 5.74) is 0.628. The number of carbonyl (C=O) groups is 1. The molecule has 2 heterocycles. The van der Waals surface area contributed by atoms with Crippen molar-refractivity contribution in [2.45, 2.75) is 51.1 Å². The molecule has 1 saturated carbocycles. The van der Waals surface area contributed by atoms with Gasteiger partial charge in [0.2, 0.25) is 0 Å². The number of H-pyrrole nitrogens is 1. The molecule has 1 aromatic rings. The van der Waals surface area contributed by atoms with Crippen LogP contribution in [0.4, 0.5) is 0 Å². The number of imidazole rings is 1. The van der Waals surface area contributed by atoms with Gasteiger partial charge in [-0.1, -0.05) is 12.8 Å². The van der Waals surface area contributed by atoms with Crippen LogP contribution in [0.3, 0.4) is 0 Å². The number of rotatable bonds is 1. The van der Waals surface area contributed by atoms with E-state index in [4.69, 9.17) is 0 Å². The topological polar surface area (TPSA) is 49.0 Å². The first-order chi connectivity index (χ1) is 8.27. The summed E-state index contributed by atoms with van der Waals surface area (Å²) in [5, 5.41) is 0. The van der Waals surface area contributed by atoms with Crippen molar-refractivity contribution in [3.8, 4) is 0 Å². The fourth-order valence-corrected chi connectivity index (χ4v) is 3.57. The summed E-state index contributed by atoms with van der Waals surface area (Å²) >= 11 is 0. The SMILES string of the molecule is C[C@@H]1C[C@H]2CCCC[C@H]2N1C(=O)c1cnc[nH]1. The van der Waals surface area contributed by atoms with Crippen LogP contribution in [0.25, 0.3) is 0 Å². The molecule has 17 heavy (non-hydrogen) atoms. The number of hydrogen-bond acceptors (Lipinski definition) is 2. The van der Waals surface area contributed by atoms with Crippen LogP contribution in [-0.2, 0) is 0 Å². The molecule has 0 unspecified atom stereocenters. The normalized spacial score (nSPS) is 32.5. The van der Waals surface area contributed by atoms with Crippen molar-refractivity contribution in [1.82, 2.24) is 14.9 Å². The maximum absolute atomic E-state index is 12.4. The zero-order chi connectivity index (χ0) is 11.8. The zero-order valence-corrected chi connectivity index (χ0v) is 10.2. The summed E-state index contributed by atoms with van der Waals surface area (Å²) in [7, 11) is 0. The lowest BCUT2D eigenvalue weighted by Crippen LogP contribution is -2.42. The van der Waals surface area contributed by atoms with E-state index >= 15 is 0 Å². The molecule has 3 atom stereocenters. The number of nitrogens with one attached hydrogen (secondary N) is 1. The van der Waals surface area contributed by atoms with E-state index in [0.29, 0.717) is 17.8 Å². The molecule has 1 amide bonds. The molecule has 0 radical (unpaired) electrons. The van der Waals surface area contributed by atoms with Crippen LogP contribution in [-0.4, -0.2) is 32.9 Å². The number of aromatic amines is 1. The quantitative estimate of drug-likeness (QED) is 0.808. The number of fused-ring (bicyclic) bond motifs is 1. The Kier molecular flexibility index (Phi) is 2.65. The number of aromatic nitrogens is 2. The molecule has 0 spiro atoms. The van der Waals surface area contributed by atoms with Gasteiger partial charge in [-0.15, -0.1) is 0 Å². The van der Waals surface area contributed by atoms with Crippen molar-refractivity contribution in [3.05, 3.63) is 18.2 Å². The number of hydrogen-bond donors (Lipinski definition) is 1. The molecule has 3 rings (SSSR count). The number of carbonyl (C=O) groups excluding carboxylic acids is 1. The molecule has 1 aliphatic carbocycles. The molecule has 1 aromatic heterocycles. The van der Waals surface area contributed by atoms with Gasteiger partial charge in [0.15, 0.2) is 0 Å². The minimum atomic E-state index is 0.129. The second-order valence-electron chi connectivity index (χ2n) is 5.37. The zero-order valence-electron chi connectivity index (χ0n) is 10.2. The third kappa shape index (κ3) is 1.75. The fourth-order valence-electron chi connectivity index (χ4n) is 3.57. The molecule has 0 bridgehead atoms. The van der Waals surface area contributed by atoms with Crippen LogP contribution in [0, 0.1) is 5.92 Å². The van der Waals surface area contributed by atoms with Gasteiger partial charge < -0.3 is 9.88 Å². The molecule has 1 saturated heterocycles. The average molecular weight is 233 g/mol. The highest BCUT2D eigenvalue weighted by molar-refractivity contribution is 5.92. The third-order valence-corrected chi connectivity index (χ3v) is 4.31. The Morgan fingerprint density at radius 1 is 1.47 bits per heavy atom. The molecule has 2 aliphatic rings. The lowest BCUT2D eigenvalue weighted by Gasteiger charge is -2.32. The summed E-state index contributed by atoms with van der Waals surface area (Å²) in [5.74, 6) is 0.857. The van der Waals surface area contributed by atoms with Crippen LogP contribution in [0.2, 0.25) is 0 Å². The number of nitrogens with zero attached hydrogens (tertiary/aromatic N) is 2. The van der Waals surface area contributed by atoms with Gasteiger partial charge >= 0.3 is 0 Å². The van der Waals surface area contributed by atoms with Gasteiger partial charge in [0.05, 0.1) is 12.5 Å². The van der Waals surface area contributed by atoms with Gasteiger partial charge in [0.25, 0.3) is 5.91 Å².